The zero-order valence-electron chi connectivity index (χ0n) is 9.93. The minimum absolute atomic E-state index is 0.295. The van der Waals surface area contributed by atoms with Gasteiger partial charge in [-0.2, -0.15) is 0 Å². The number of benzene rings is 1. The Morgan fingerprint density at radius 3 is 2.44 bits per heavy atom. The Balaban J connectivity index is 2.94. The lowest BCUT2D eigenvalue weighted by Gasteiger charge is -2.15. The van der Waals surface area contributed by atoms with Gasteiger partial charge < -0.3 is 9.64 Å². The monoisotopic (exact) mass is 219 g/mol. The highest BCUT2D eigenvalue weighted by atomic mass is 16.5. The molecule has 0 atom stereocenters. The highest BCUT2D eigenvalue weighted by molar-refractivity contribution is 5.92. The van der Waals surface area contributed by atoms with Gasteiger partial charge >= 0.3 is 5.97 Å². The summed E-state index contributed by atoms with van der Waals surface area (Å²) in [6.45, 7) is 2.19. The van der Waals surface area contributed by atoms with E-state index in [9.17, 15) is 4.79 Å². The topological polar surface area (TPSA) is 29.5 Å². The van der Waals surface area contributed by atoms with Crippen LogP contribution < -0.4 is 0 Å². The first-order valence-corrected chi connectivity index (χ1v) is 5.26. The SMILES string of the molecule is CCOC(=O)C(=Cc1ccccc1)N(C)C. The molecule has 0 aliphatic carbocycles. The lowest BCUT2D eigenvalue weighted by molar-refractivity contribution is -0.139. The third-order valence-corrected chi connectivity index (χ3v) is 2.07. The van der Waals surface area contributed by atoms with Crippen LogP contribution in [-0.2, 0) is 9.53 Å². The Labute approximate surface area is 96.3 Å². The second kappa shape index (κ2) is 5.95. The molecule has 0 aromatic heterocycles. The first kappa shape index (κ1) is 12.3. The maximum Gasteiger partial charge on any atom is 0.354 e. The van der Waals surface area contributed by atoms with Crippen LogP contribution in [0.1, 0.15) is 12.5 Å². The maximum absolute atomic E-state index is 11.7. The van der Waals surface area contributed by atoms with Crippen LogP contribution in [0.2, 0.25) is 0 Å². The number of esters is 1. The number of carbonyl (C=O) groups excluding carboxylic acids is 1. The van der Waals surface area contributed by atoms with Crippen LogP contribution in [0.5, 0.6) is 0 Å². The van der Waals surface area contributed by atoms with Gasteiger partial charge in [-0.1, -0.05) is 30.3 Å². The van der Waals surface area contributed by atoms with Crippen molar-refractivity contribution in [2.75, 3.05) is 20.7 Å². The fourth-order valence-corrected chi connectivity index (χ4v) is 1.28. The van der Waals surface area contributed by atoms with Crippen molar-refractivity contribution in [1.29, 1.82) is 0 Å². The fourth-order valence-electron chi connectivity index (χ4n) is 1.28. The summed E-state index contributed by atoms with van der Waals surface area (Å²) in [6.07, 6.45) is 1.82. The molecule has 0 saturated heterocycles. The highest BCUT2D eigenvalue weighted by Gasteiger charge is 2.12. The zero-order chi connectivity index (χ0) is 12.0. The number of nitrogens with zero attached hydrogens (tertiary/aromatic N) is 1. The minimum Gasteiger partial charge on any atom is -0.461 e. The maximum atomic E-state index is 11.7. The van der Waals surface area contributed by atoms with Crippen LogP contribution in [0.15, 0.2) is 36.0 Å². The standard InChI is InChI=1S/C13H17NO2/c1-4-16-13(15)12(14(2)3)10-11-8-6-5-7-9-11/h5-10H,4H2,1-3H3. The summed E-state index contributed by atoms with van der Waals surface area (Å²) >= 11 is 0. The molecule has 1 aromatic rings. The van der Waals surface area contributed by atoms with Crippen molar-refractivity contribution in [3.8, 4) is 0 Å². The van der Waals surface area contributed by atoms with Crippen LogP contribution in [-0.4, -0.2) is 31.6 Å². The Kier molecular flexibility index (Phi) is 4.58. The molecule has 0 radical (unpaired) electrons. The number of likely N-dealkylation sites (N-methyl/N-ethyl adjacent to an activating group) is 1. The Morgan fingerprint density at radius 1 is 1.31 bits per heavy atom. The van der Waals surface area contributed by atoms with Gasteiger partial charge in [0.1, 0.15) is 5.70 Å². The number of hydrogen-bond donors (Lipinski definition) is 0. The van der Waals surface area contributed by atoms with E-state index in [1.54, 1.807) is 11.8 Å². The molecule has 0 aliphatic rings. The Morgan fingerprint density at radius 2 is 1.94 bits per heavy atom. The predicted octanol–water partition coefficient (Wildman–Crippen LogP) is 2.15. The molecule has 0 unspecified atom stereocenters. The Hall–Kier alpha value is -1.77. The summed E-state index contributed by atoms with van der Waals surface area (Å²) < 4.78 is 4.99. The largest absolute Gasteiger partial charge is 0.461 e. The third-order valence-electron chi connectivity index (χ3n) is 2.07. The van der Waals surface area contributed by atoms with E-state index in [0.717, 1.165) is 5.56 Å². The minimum atomic E-state index is -0.295. The smallest absolute Gasteiger partial charge is 0.354 e. The summed E-state index contributed by atoms with van der Waals surface area (Å²) in [6, 6.07) is 9.71. The summed E-state index contributed by atoms with van der Waals surface area (Å²) in [7, 11) is 3.65. The van der Waals surface area contributed by atoms with E-state index >= 15 is 0 Å². The van der Waals surface area contributed by atoms with Gasteiger partial charge in [0.25, 0.3) is 0 Å². The molecule has 1 rings (SSSR count). The molecule has 3 heteroatoms. The number of carbonyl (C=O) groups is 1. The molecule has 3 nitrogen and oxygen atoms in total. The molecule has 0 aliphatic heterocycles. The predicted molar refractivity (Wildman–Crippen MR) is 64.7 cm³/mol. The summed E-state index contributed by atoms with van der Waals surface area (Å²) in [5, 5.41) is 0. The Bertz CT molecular complexity index is 369. The van der Waals surface area contributed by atoms with Crippen LogP contribution in [0.3, 0.4) is 0 Å². The van der Waals surface area contributed by atoms with E-state index in [1.165, 1.54) is 0 Å². The van der Waals surface area contributed by atoms with Gasteiger partial charge in [0.15, 0.2) is 0 Å². The average Bonchev–Trinajstić information content (AvgIpc) is 2.27. The number of rotatable bonds is 4. The quantitative estimate of drug-likeness (QED) is 0.574. The van der Waals surface area contributed by atoms with Gasteiger partial charge in [-0.05, 0) is 18.6 Å². The van der Waals surface area contributed by atoms with E-state index in [2.05, 4.69) is 0 Å². The molecule has 0 spiro atoms. The molecular weight excluding hydrogens is 202 g/mol. The van der Waals surface area contributed by atoms with Crippen molar-refractivity contribution in [3.05, 3.63) is 41.6 Å². The van der Waals surface area contributed by atoms with Gasteiger partial charge in [-0.3, -0.25) is 0 Å². The summed E-state index contributed by atoms with van der Waals surface area (Å²) in [5.41, 5.74) is 1.53. The van der Waals surface area contributed by atoms with Gasteiger partial charge in [0, 0.05) is 14.1 Å². The molecule has 0 amide bonds. The molecule has 0 saturated carbocycles. The normalized spacial score (nSPS) is 11.1. The van der Waals surface area contributed by atoms with E-state index < -0.39 is 0 Å². The van der Waals surface area contributed by atoms with Crippen LogP contribution in [0.25, 0.3) is 6.08 Å². The average molecular weight is 219 g/mol. The highest BCUT2D eigenvalue weighted by Crippen LogP contribution is 2.10. The molecule has 16 heavy (non-hydrogen) atoms. The fraction of sp³-hybridized carbons (Fsp3) is 0.308. The van der Waals surface area contributed by atoms with Crippen molar-refractivity contribution in [2.24, 2.45) is 0 Å². The molecule has 0 heterocycles. The van der Waals surface area contributed by atoms with Gasteiger partial charge in [-0.25, -0.2) is 4.79 Å². The van der Waals surface area contributed by atoms with E-state index in [4.69, 9.17) is 4.74 Å². The zero-order valence-corrected chi connectivity index (χ0v) is 9.93. The molecule has 0 N–H and O–H groups in total. The van der Waals surface area contributed by atoms with Crippen LogP contribution >= 0.6 is 0 Å². The molecule has 0 fully saturated rings. The van der Waals surface area contributed by atoms with E-state index in [0.29, 0.717) is 12.3 Å². The van der Waals surface area contributed by atoms with E-state index in [1.807, 2.05) is 50.5 Å². The van der Waals surface area contributed by atoms with Gasteiger partial charge in [0.2, 0.25) is 0 Å². The molecule has 0 bridgehead atoms. The van der Waals surface area contributed by atoms with Gasteiger partial charge in [0.05, 0.1) is 6.61 Å². The lowest BCUT2D eigenvalue weighted by Crippen LogP contribution is -2.21. The molecule has 86 valence electrons. The first-order chi connectivity index (χ1) is 7.65. The summed E-state index contributed by atoms with van der Waals surface area (Å²) in [5.74, 6) is -0.295. The molecular formula is C13H17NO2. The van der Waals surface area contributed by atoms with Crippen molar-refractivity contribution >= 4 is 12.0 Å². The van der Waals surface area contributed by atoms with Crippen molar-refractivity contribution in [3.63, 3.8) is 0 Å². The van der Waals surface area contributed by atoms with Crippen molar-refractivity contribution in [1.82, 2.24) is 4.90 Å². The molecule has 1 aromatic carbocycles. The summed E-state index contributed by atoms with van der Waals surface area (Å²) in [4.78, 5) is 13.4. The lowest BCUT2D eigenvalue weighted by atomic mass is 10.2. The van der Waals surface area contributed by atoms with E-state index in [-0.39, 0.29) is 5.97 Å². The van der Waals surface area contributed by atoms with Crippen molar-refractivity contribution in [2.45, 2.75) is 6.92 Å². The van der Waals surface area contributed by atoms with Crippen LogP contribution in [0, 0.1) is 0 Å². The number of hydrogen-bond acceptors (Lipinski definition) is 3. The first-order valence-electron chi connectivity index (χ1n) is 5.26. The third kappa shape index (κ3) is 3.42. The van der Waals surface area contributed by atoms with Crippen molar-refractivity contribution < 1.29 is 9.53 Å². The van der Waals surface area contributed by atoms with Gasteiger partial charge in [-0.15, -0.1) is 0 Å². The second-order valence-electron chi connectivity index (χ2n) is 3.56. The van der Waals surface area contributed by atoms with Crippen LogP contribution in [0.4, 0.5) is 0 Å². The second-order valence-corrected chi connectivity index (χ2v) is 3.56. The number of ether oxygens (including phenoxy) is 1.